The van der Waals surface area contributed by atoms with E-state index < -0.39 is 10.0 Å². The summed E-state index contributed by atoms with van der Waals surface area (Å²) in [5.41, 5.74) is 0. The van der Waals surface area contributed by atoms with Gasteiger partial charge in [0, 0.05) is 32.7 Å². The summed E-state index contributed by atoms with van der Waals surface area (Å²) < 4.78 is 24.3. The summed E-state index contributed by atoms with van der Waals surface area (Å²) in [5.74, 6) is 1.13. The molecule has 6 nitrogen and oxygen atoms in total. The molecule has 2 N–H and O–H groups in total. The van der Waals surface area contributed by atoms with Crippen LogP contribution in [0.5, 0.6) is 0 Å². The molecule has 1 atom stereocenters. The van der Waals surface area contributed by atoms with E-state index in [4.69, 9.17) is 0 Å². The molecule has 0 aromatic rings. The summed E-state index contributed by atoms with van der Waals surface area (Å²) in [7, 11) is -3.04. The largest absolute Gasteiger partial charge is 0.357 e. The van der Waals surface area contributed by atoms with Crippen molar-refractivity contribution in [2.24, 2.45) is 10.9 Å². The Morgan fingerprint density at radius 3 is 2.39 bits per heavy atom. The van der Waals surface area contributed by atoms with Crippen molar-refractivity contribution in [2.45, 2.75) is 20.3 Å². The monoisotopic (exact) mass is 276 g/mol. The minimum Gasteiger partial charge on any atom is -0.357 e. The van der Waals surface area contributed by atoms with E-state index in [0.717, 1.165) is 25.5 Å². The van der Waals surface area contributed by atoms with Crippen molar-refractivity contribution in [3.8, 4) is 0 Å². The standard InChI is InChI=1S/C11H24N4O2S/c1-4-12-11(13-5-2)14-8-10-6-7-15(9-10)18(3,16)17/h10H,4-9H2,1-3H3,(H2,12,13,14). The predicted octanol–water partition coefficient (Wildman–Crippen LogP) is -0.157. The first kappa shape index (κ1) is 15.2. The molecule has 106 valence electrons. The molecule has 0 aliphatic carbocycles. The van der Waals surface area contributed by atoms with Crippen LogP contribution in [0.4, 0.5) is 0 Å². The fraction of sp³-hybridized carbons (Fsp3) is 0.909. The Morgan fingerprint density at radius 2 is 1.94 bits per heavy atom. The molecule has 1 heterocycles. The van der Waals surface area contributed by atoms with Crippen molar-refractivity contribution in [1.82, 2.24) is 14.9 Å². The lowest BCUT2D eigenvalue weighted by atomic mass is 10.1. The zero-order valence-corrected chi connectivity index (χ0v) is 12.3. The predicted molar refractivity (Wildman–Crippen MR) is 74.2 cm³/mol. The third-order valence-corrected chi connectivity index (χ3v) is 4.18. The minimum atomic E-state index is -3.04. The zero-order valence-electron chi connectivity index (χ0n) is 11.4. The average molecular weight is 276 g/mol. The number of rotatable bonds is 5. The third kappa shape index (κ3) is 4.81. The second kappa shape index (κ2) is 6.94. The molecular weight excluding hydrogens is 252 g/mol. The van der Waals surface area contributed by atoms with Crippen LogP contribution < -0.4 is 10.6 Å². The first-order valence-corrected chi connectivity index (χ1v) is 8.29. The topological polar surface area (TPSA) is 73.8 Å². The van der Waals surface area contributed by atoms with Crippen molar-refractivity contribution < 1.29 is 8.42 Å². The first-order chi connectivity index (χ1) is 8.47. The highest BCUT2D eigenvalue weighted by molar-refractivity contribution is 7.88. The fourth-order valence-electron chi connectivity index (χ4n) is 1.98. The van der Waals surface area contributed by atoms with Gasteiger partial charge < -0.3 is 10.6 Å². The van der Waals surface area contributed by atoms with E-state index in [9.17, 15) is 8.42 Å². The van der Waals surface area contributed by atoms with E-state index in [0.29, 0.717) is 25.6 Å². The maximum atomic E-state index is 11.4. The second-order valence-electron chi connectivity index (χ2n) is 4.53. The average Bonchev–Trinajstić information content (AvgIpc) is 2.75. The maximum Gasteiger partial charge on any atom is 0.211 e. The van der Waals surface area contributed by atoms with Crippen LogP contribution in [0.15, 0.2) is 4.99 Å². The SMILES string of the molecule is CCNC(=NCC1CCN(S(C)(=O)=O)C1)NCC. The Balaban J connectivity index is 2.46. The van der Waals surface area contributed by atoms with E-state index >= 15 is 0 Å². The van der Waals surface area contributed by atoms with Gasteiger partial charge in [0.25, 0.3) is 0 Å². The van der Waals surface area contributed by atoms with E-state index in [1.165, 1.54) is 10.6 Å². The van der Waals surface area contributed by atoms with Crippen molar-refractivity contribution in [3.05, 3.63) is 0 Å². The molecule has 0 spiro atoms. The Morgan fingerprint density at radius 1 is 1.33 bits per heavy atom. The second-order valence-corrected chi connectivity index (χ2v) is 6.51. The molecule has 1 rings (SSSR count). The lowest BCUT2D eigenvalue weighted by molar-refractivity contribution is 0.464. The first-order valence-electron chi connectivity index (χ1n) is 6.44. The van der Waals surface area contributed by atoms with Crippen LogP contribution in [0.2, 0.25) is 0 Å². The summed E-state index contributed by atoms with van der Waals surface area (Å²) in [4.78, 5) is 4.47. The van der Waals surface area contributed by atoms with E-state index in [1.54, 1.807) is 0 Å². The Kier molecular flexibility index (Phi) is 5.87. The molecular formula is C11H24N4O2S. The van der Waals surface area contributed by atoms with Crippen LogP contribution in [-0.2, 0) is 10.0 Å². The molecule has 0 saturated carbocycles. The van der Waals surface area contributed by atoms with Crippen LogP contribution >= 0.6 is 0 Å². The molecule has 1 aliphatic rings. The van der Waals surface area contributed by atoms with E-state index in [2.05, 4.69) is 15.6 Å². The van der Waals surface area contributed by atoms with Gasteiger partial charge in [0.2, 0.25) is 10.0 Å². The number of aliphatic imine (C=N–C) groups is 1. The van der Waals surface area contributed by atoms with Gasteiger partial charge >= 0.3 is 0 Å². The van der Waals surface area contributed by atoms with Crippen LogP contribution in [-0.4, -0.2) is 57.7 Å². The Labute approximate surface area is 110 Å². The van der Waals surface area contributed by atoms with Gasteiger partial charge in [0.05, 0.1) is 6.26 Å². The quantitative estimate of drug-likeness (QED) is 0.541. The lowest BCUT2D eigenvalue weighted by Gasteiger charge is -2.13. The van der Waals surface area contributed by atoms with E-state index in [1.807, 2.05) is 13.8 Å². The molecule has 18 heavy (non-hydrogen) atoms. The lowest BCUT2D eigenvalue weighted by Crippen LogP contribution is -2.37. The van der Waals surface area contributed by atoms with Gasteiger partial charge in [-0.2, -0.15) is 0 Å². The molecule has 0 radical (unpaired) electrons. The summed E-state index contributed by atoms with van der Waals surface area (Å²) in [6.45, 7) is 7.57. The molecule has 0 aromatic carbocycles. The van der Waals surface area contributed by atoms with Crippen molar-refractivity contribution in [3.63, 3.8) is 0 Å². The Bertz CT molecular complexity index is 373. The minimum absolute atomic E-state index is 0.326. The number of nitrogens with zero attached hydrogens (tertiary/aromatic N) is 2. The Hall–Kier alpha value is -0.820. The van der Waals surface area contributed by atoms with Gasteiger partial charge in [-0.25, -0.2) is 12.7 Å². The van der Waals surface area contributed by atoms with Gasteiger partial charge in [0.15, 0.2) is 5.96 Å². The van der Waals surface area contributed by atoms with Gasteiger partial charge in [0.1, 0.15) is 0 Å². The number of hydrogen-bond acceptors (Lipinski definition) is 3. The summed E-state index contributed by atoms with van der Waals surface area (Å²) in [5, 5.41) is 6.31. The van der Waals surface area contributed by atoms with Gasteiger partial charge in [-0.15, -0.1) is 0 Å². The van der Waals surface area contributed by atoms with Crippen LogP contribution in [0.1, 0.15) is 20.3 Å². The number of guanidine groups is 1. The highest BCUT2D eigenvalue weighted by atomic mass is 32.2. The third-order valence-electron chi connectivity index (χ3n) is 2.91. The summed E-state index contributed by atoms with van der Waals surface area (Å²) in [6.07, 6.45) is 2.16. The van der Waals surface area contributed by atoms with Crippen molar-refractivity contribution in [2.75, 3.05) is 39.0 Å². The molecule has 1 unspecified atom stereocenters. The number of nitrogens with one attached hydrogen (secondary N) is 2. The normalized spacial score (nSPS) is 20.7. The fourth-order valence-corrected chi connectivity index (χ4v) is 2.90. The number of hydrogen-bond donors (Lipinski definition) is 2. The highest BCUT2D eigenvalue weighted by Crippen LogP contribution is 2.18. The van der Waals surface area contributed by atoms with Crippen LogP contribution in [0, 0.1) is 5.92 Å². The van der Waals surface area contributed by atoms with Crippen LogP contribution in [0.3, 0.4) is 0 Å². The van der Waals surface area contributed by atoms with Gasteiger partial charge in [-0.3, -0.25) is 4.99 Å². The summed E-state index contributed by atoms with van der Waals surface area (Å²) in [6, 6.07) is 0. The van der Waals surface area contributed by atoms with Crippen LogP contribution in [0.25, 0.3) is 0 Å². The maximum absolute atomic E-state index is 11.4. The zero-order chi connectivity index (χ0) is 13.6. The molecule has 0 amide bonds. The van der Waals surface area contributed by atoms with Gasteiger partial charge in [-0.1, -0.05) is 0 Å². The molecule has 7 heteroatoms. The molecule has 1 aliphatic heterocycles. The highest BCUT2D eigenvalue weighted by Gasteiger charge is 2.28. The van der Waals surface area contributed by atoms with Gasteiger partial charge in [-0.05, 0) is 26.2 Å². The molecule has 0 bridgehead atoms. The smallest absolute Gasteiger partial charge is 0.211 e. The molecule has 0 aromatic heterocycles. The van der Waals surface area contributed by atoms with Crippen molar-refractivity contribution in [1.29, 1.82) is 0 Å². The van der Waals surface area contributed by atoms with E-state index in [-0.39, 0.29) is 0 Å². The number of sulfonamides is 1. The molecule has 1 saturated heterocycles. The molecule has 1 fully saturated rings. The summed E-state index contributed by atoms with van der Waals surface area (Å²) >= 11 is 0. The van der Waals surface area contributed by atoms with Crippen molar-refractivity contribution >= 4 is 16.0 Å².